The van der Waals surface area contributed by atoms with Crippen molar-refractivity contribution >= 4 is 12.3 Å². The van der Waals surface area contributed by atoms with E-state index in [2.05, 4.69) is 24.1 Å². The average Bonchev–Trinajstić information content (AvgIpc) is 2.24. The topological polar surface area (TPSA) is 49.4 Å². The molecular formula is C11H20N2O2. The van der Waals surface area contributed by atoms with Crippen LogP contribution in [0.15, 0.2) is 12.2 Å². The fourth-order valence-corrected chi connectivity index (χ4v) is 1.27. The Morgan fingerprint density at radius 2 is 2.00 bits per heavy atom. The van der Waals surface area contributed by atoms with Gasteiger partial charge in [0.25, 0.3) is 0 Å². The molecule has 2 amide bonds. The predicted octanol–water partition coefficient (Wildman–Crippen LogP) is 0.937. The quantitative estimate of drug-likeness (QED) is 0.370. The minimum Gasteiger partial charge on any atom is -0.304 e. The van der Waals surface area contributed by atoms with Gasteiger partial charge in [-0.05, 0) is 38.6 Å². The highest BCUT2D eigenvalue weighted by Crippen LogP contribution is 1.95. The first-order chi connectivity index (χ1) is 7.24. The Kier molecular flexibility index (Phi) is 8.67. The van der Waals surface area contributed by atoms with Gasteiger partial charge < -0.3 is 4.90 Å². The zero-order valence-corrected chi connectivity index (χ0v) is 9.53. The van der Waals surface area contributed by atoms with Crippen molar-refractivity contribution in [2.24, 2.45) is 0 Å². The number of unbranched alkanes of at least 4 members (excludes halogenated alkanes) is 1. The monoisotopic (exact) mass is 212 g/mol. The number of amides is 2. The van der Waals surface area contributed by atoms with Gasteiger partial charge in [0.15, 0.2) is 0 Å². The third kappa shape index (κ3) is 7.88. The molecular weight excluding hydrogens is 192 g/mol. The summed E-state index contributed by atoms with van der Waals surface area (Å²) in [6.07, 6.45) is 5.48. The number of allylic oxidation sites excluding steroid dienone is 1. The molecule has 0 aliphatic rings. The molecule has 0 aliphatic heterocycles. The zero-order valence-electron chi connectivity index (χ0n) is 9.53. The summed E-state index contributed by atoms with van der Waals surface area (Å²) in [4.78, 5) is 23.0. The molecule has 0 unspecified atom stereocenters. The first-order valence-corrected chi connectivity index (χ1v) is 5.37. The van der Waals surface area contributed by atoms with Gasteiger partial charge in [0.2, 0.25) is 12.3 Å². The molecule has 0 saturated carbocycles. The number of carbonyl (C=O) groups excluding carboxylic acids is 2. The van der Waals surface area contributed by atoms with Crippen LogP contribution in [0.5, 0.6) is 0 Å². The summed E-state index contributed by atoms with van der Waals surface area (Å²) in [5, 5.41) is 2.05. The van der Waals surface area contributed by atoms with Gasteiger partial charge in [0.05, 0.1) is 0 Å². The number of nitrogens with one attached hydrogen (secondary N) is 1. The third-order valence-electron chi connectivity index (χ3n) is 2.21. The number of rotatable bonds is 8. The van der Waals surface area contributed by atoms with E-state index < -0.39 is 0 Å². The lowest BCUT2D eigenvalue weighted by Gasteiger charge is -2.16. The summed E-state index contributed by atoms with van der Waals surface area (Å²) in [5.74, 6) is -0.354. The molecule has 0 spiro atoms. The molecule has 0 aromatic carbocycles. The first-order valence-electron chi connectivity index (χ1n) is 5.37. The van der Waals surface area contributed by atoms with Crippen molar-refractivity contribution in [3.8, 4) is 0 Å². The van der Waals surface area contributed by atoms with E-state index in [0.29, 0.717) is 6.41 Å². The SMILES string of the molecule is CCN(CC)CCCC=CC(=O)NC=O. The predicted molar refractivity (Wildman–Crippen MR) is 60.4 cm³/mol. The molecule has 0 atom stereocenters. The minimum absolute atomic E-state index is 0.354. The molecule has 86 valence electrons. The highest BCUT2D eigenvalue weighted by Gasteiger charge is 1.96. The van der Waals surface area contributed by atoms with Crippen LogP contribution in [-0.4, -0.2) is 36.9 Å². The van der Waals surface area contributed by atoms with Gasteiger partial charge >= 0.3 is 0 Å². The van der Waals surface area contributed by atoms with Crippen molar-refractivity contribution in [3.63, 3.8) is 0 Å². The molecule has 0 fully saturated rings. The third-order valence-corrected chi connectivity index (χ3v) is 2.21. The molecule has 0 aromatic rings. The van der Waals surface area contributed by atoms with E-state index in [-0.39, 0.29) is 5.91 Å². The largest absolute Gasteiger partial charge is 0.304 e. The van der Waals surface area contributed by atoms with E-state index in [9.17, 15) is 9.59 Å². The van der Waals surface area contributed by atoms with Crippen LogP contribution >= 0.6 is 0 Å². The van der Waals surface area contributed by atoms with Gasteiger partial charge in [0.1, 0.15) is 0 Å². The molecule has 4 nitrogen and oxygen atoms in total. The standard InChI is InChI=1S/C11H20N2O2/c1-3-13(4-2)9-7-5-6-8-11(15)12-10-14/h6,8,10H,3-5,7,9H2,1-2H3,(H,12,14,15). The van der Waals surface area contributed by atoms with E-state index in [1.165, 1.54) is 6.08 Å². The smallest absolute Gasteiger partial charge is 0.250 e. The molecule has 1 N–H and O–H groups in total. The van der Waals surface area contributed by atoms with Crippen molar-refractivity contribution in [2.45, 2.75) is 26.7 Å². The molecule has 0 aliphatic carbocycles. The molecule has 15 heavy (non-hydrogen) atoms. The minimum atomic E-state index is -0.354. The summed E-state index contributed by atoms with van der Waals surface area (Å²) >= 11 is 0. The Hall–Kier alpha value is -1.16. The van der Waals surface area contributed by atoms with E-state index in [0.717, 1.165) is 32.5 Å². The molecule has 0 saturated heterocycles. The van der Waals surface area contributed by atoms with Gasteiger partial charge in [-0.25, -0.2) is 0 Å². The normalized spacial score (nSPS) is 10.9. The number of carbonyl (C=O) groups is 2. The summed E-state index contributed by atoms with van der Waals surface area (Å²) in [6.45, 7) is 7.44. The average molecular weight is 212 g/mol. The van der Waals surface area contributed by atoms with E-state index in [4.69, 9.17) is 0 Å². The van der Waals surface area contributed by atoms with Crippen LogP contribution < -0.4 is 5.32 Å². The van der Waals surface area contributed by atoms with Crippen molar-refractivity contribution in [1.29, 1.82) is 0 Å². The summed E-state index contributed by atoms with van der Waals surface area (Å²) in [5.41, 5.74) is 0. The molecule has 0 rings (SSSR count). The van der Waals surface area contributed by atoms with Crippen LogP contribution in [0.2, 0.25) is 0 Å². The highest BCUT2D eigenvalue weighted by molar-refractivity contribution is 5.94. The fourth-order valence-electron chi connectivity index (χ4n) is 1.27. The number of hydrogen-bond acceptors (Lipinski definition) is 3. The molecule has 0 radical (unpaired) electrons. The molecule has 0 bridgehead atoms. The van der Waals surface area contributed by atoms with Crippen molar-refractivity contribution in [2.75, 3.05) is 19.6 Å². The van der Waals surface area contributed by atoms with E-state index >= 15 is 0 Å². The Bertz CT molecular complexity index is 211. The number of imide groups is 1. The lowest BCUT2D eigenvalue weighted by atomic mass is 10.2. The van der Waals surface area contributed by atoms with Gasteiger partial charge in [-0.3, -0.25) is 14.9 Å². The van der Waals surface area contributed by atoms with Gasteiger partial charge in [-0.2, -0.15) is 0 Å². The summed E-state index contributed by atoms with van der Waals surface area (Å²) in [7, 11) is 0. The van der Waals surface area contributed by atoms with Crippen LogP contribution in [0.25, 0.3) is 0 Å². The Balaban J connectivity index is 3.52. The zero-order chi connectivity index (χ0) is 11.5. The van der Waals surface area contributed by atoms with Crippen LogP contribution in [0.4, 0.5) is 0 Å². The first kappa shape index (κ1) is 13.8. The molecule has 4 heteroatoms. The highest BCUT2D eigenvalue weighted by atomic mass is 16.2. The summed E-state index contributed by atoms with van der Waals surface area (Å²) in [6, 6.07) is 0. The molecule has 0 aromatic heterocycles. The Labute approximate surface area is 91.3 Å². The van der Waals surface area contributed by atoms with Crippen molar-refractivity contribution < 1.29 is 9.59 Å². The van der Waals surface area contributed by atoms with Gasteiger partial charge in [-0.1, -0.05) is 19.9 Å². The molecule has 0 heterocycles. The number of nitrogens with zero attached hydrogens (tertiary/aromatic N) is 1. The van der Waals surface area contributed by atoms with Crippen molar-refractivity contribution in [1.82, 2.24) is 10.2 Å². The second-order valence-electron chi connectivity index (χ2n) is 3.20. The van der Waals surface area contributed by atoms with Crippen molar-refractivity contribution in [3.05, 3.63) is 12.2 Å². The van der Waals surface area contributed by atoms with Crippen LogP contribution in [0, 0.1) is 0 Å². The summed E-state index contributed by atoms with van der Waals surface area (Å²) < 4.78 is 0. The Morgan fingerprint density at radius 3 is 2.53 bits per heavy atom. The van der Waals surface area contributed by atoms with Crippen LogP contribution in [0.1, 0.15) is 26.7 Å². The lowest BCUT2D eigenvalue weighted by Crippen LogP contribution is -2.23. The maximum absolute atomic E-state index is 10.8. The fraction of sp³-hybridized carbons (Fsp3) is 0.636. The second kappa shape index (κ2) is 9.40. The Morgan fingerprint density at radius 1 is 1.33 bits per heavy atom. The lowest BCUT2D eigenvalue weighted by molar-refractivity contribution is -0.121. The maximum atomic E-state index is 10.8. The van der Waals surface area contributed by atoms with Crippen LogP contribution in [-0.2, 0) is 9.59 Å². The second-order valence-corrected chi connectivity index (χ2v) is 3.20. The van der Waals surface area contributed by atoms with Gasteiger partial charge in [-0.15, -0.1) is 0 Å². The van der Waals surface area contributed by atoms with Crippen LogP contribution in [0.3, 0.4) is 0 Å². The van der Waals surface area contributed by atoms with E-state index in [1.54, 1.807) is 6.08 Å². The number of hydrogen-bond donors (Lipinski definition) is 1. The van der Waals surface area contributed by atoms with Gasteiger partial charge in [0, 0.05) is 0 Å². The van der Waals surface area contributed by atoms with E-state index in [1.807, 2.05) is 0 Å². The maximum Gasteiger partial charge on any atom is 0.250 e.